The minimum absolute atomic E-state index is 0.120. The van der Waals surface area contributed by atoms with Crippen LogP contribution in [0.25, 0.3) is 0 Å². The Balaban J connectivity index is 2.30. The predicted molar refractivity (Wildman–Crippen MR) is 82.8 cm³/mol. The molecule has 0 aliphatic heterocycles. The van der Waals surface area contributed by atoms with Crippen molar-refractivity contribution in [1.29, 1.82) is 0 Å². The second-order valence-electron chi connectivity index (χ2n) is 4.61. The van der Waals surface area contributed by atoms with Crippen LogP contribution in [0.1, 0.15) is 18.1 Å². The SMILES string of the molecule is CCN(c1ccc(C)cc1)c1ccc(C(N)=NO)cc1. The van der Waals surface area contributed by atoms with Gasteiger partial charge in [0.25, 0.3) is 0 Å². The second kappa shape index (κ2) is 6.10. The van der Waals surface area contributed by atoms with Gasteiger partial charge >= 0.3 is 0 Å². The highest BCUT2D eigenvalue weighted by atomic mass is 16.4. The summed E-state index contributed by atoms with van der Waals surface area (Å²) < 4.78 is 0. The lowest BCUT2D eigenvalue weighted by molar-refractivity contribution is 0.318. The van der Waals surface area contributed by atoms with E-state index in [-0.39, 0.29) is 5.84 Å². The number of aryl methyl sites for hydroxylation is 1. The number of anilines is 2. The van der Waals surface area contributed by atoms with E-state index in [2.05, 4.69) is 48.2 Å². The lowest BCUT2D eigenvalue weighted by Gasteiger charge is -2.23. The van der Waals surface area contributed by atoms with Crippen LogP contribution in [0.2, 0.25) is 0 Å². The lowest BCUT2D eigenvalue weighted by atomic mass is 10.1. The first kappa shape index (κ1) is 13.9. The van der Waals surface area contributed by atoms with E-state index in [1.54, 1.807) is 0 Å². The third-order valence-electron chi connectivity index (χ3n) is 3.24. The molecule has 0 atom stereocenters. The topological polar surface area (TPSA) is 61.8 Å². The van der Waals surface area contributed by atoms with E-state index in [1.165, 1.54) is 5.56 Å². The van der Waals surface area contributed by atoms with Crippen molar-refractivity contribution in [3.05, 3.63) is 59.7 Å². The molecule has 2 aromatic rings. The maximum Gasteiger partial charge on any atom is 0.170 e. The predicted octanol–water partition coefficient (Wildman–Crippen LogP) is 3.25. The van der Waals surface area contributed by atoms with Crippen LogP contribution in [0.5, 0.6) is 0 Å². The fourth-order valence-corrected chi connectivity index (χ4v) is 2.11. The Morgan fingerprint density at radius 2 is 1.55 bits per heavy atom. The third kappa shape index (κ3) is 2.91. The van der Waals surface area contributed by atoms with Crippen LogP contribution in [0.4, 0.5) is 11.4 Å². The quantitative estimate of drug-likeness (QED) is 0.387. The Kier molecular flexibility index (Phi) is 4.25. The maximum atomic E-state index is 8.67. The van der Waals surface area contributed by atoms with Gasteiger partial charge in [-0.25, -0.2) is 0 Å². The molecule has 4 nitrogen and oxygen atoms in total. The van der Waals surface area contributed by atoms with E-state index in [0.29, 0.717) is 5.56 Å². The molecule has 0 aliphatic carbocycles. The molecular weight excluding hydrogens is 250 g/mol. The average molecular weight is 269 g/mol. The minimum atomic E-state index is 0.120. The summed E-state index contributed by atoms with van der Waals surface area (Å²) in [6.07, 6.45) is 0. The van der Waals surface area contributed by atoms with Gasteiger partial charge in [-0.1, -0.05) is 22.9 Å². The molecule has 2 rings (SSSR count). The van der Waals surface area contributed by atoms with E-state index in [9.17, 15) is 0 Å². The van der Waals surface area contributed by atoms with Crippen molar-refractivity contribution < 1.29 is 5.21 Å². The van der Waals surface area contributed by atoms with E-state index in [0.717, 1.165) is 17.9 Å². The summed E-state index contributed by atoms with van der Waals surface area (Å²) in [4.78, 5) is 2.20. The number of nitrogens with zero attached hydrogens (tertiary/aromatic N) is 2. The summed E-state index contributed by atoms with van der Waals surface area (Å²) in [6.45, 7) is 5.05. The molecule has 0 bridgehead atoms. The number of hydrogen-bond donors (Lipinski definition) is 2. The summed E-state index contributed by atoms with van der Waals surface area (Å²) in [5.41, 5.74) is 9.74. The van der Waals surface area contributed by atoms with E-state index in [1.807, 2.05) is 24.3 Å². The van der Waals surface area contributed by atoms with Crippen molar-refractivity contribution in [2.45, 2.75) is 13.8 Å². The lowest BCUT2D eigenvalue weighted by Crippen LogP contribution is -2.17. The van der Waals surface area contributed by atoms with Gasteiger partial charge in [0.1, 0.15) is 0 Å². The molecule has 0 unspecified atom stereocenters. The molecule has 0 fully saturated rings. The monoisotopic (exact) mass is 269 g/mol. The molecule has 104 valence electrons. The summed E-state index contributed by atoms with van der Waals surface area (Å²) in [7, 11) is 0. The third-order valence-corrected chi connectivity index (χ3v) is 3.24. The Labute approximate surface area is 119 Å². The molecule has 0 amide bonds. The Bertz CT molecular complexity index is 588. The largest absolute Gasteiger partial charge is 0.409 e. The molecule has 0 saturated carbocycles. The van der Waals surface area contributed by atoms with Gasteiger partial charge in [0.15, 0.2) is 5.84 Å². The fourth-order valence-electron chi connectivity index (χ4n) is 2.11. The molecule has 0 radical (unpaired) electrons. The summed E-state index contributed by atoms with van der Waals surface area (Å²) >= 11 is 0. The van der Waals surface area contributed by atoms with Crippen molar-refractivity contribution in [3.8, 4) is 0 Å². The Morgan fingerprint density at radius 3 is 2.00 bits per heavy atom. The number of hydrogen-bond acceptors (Lipinski definition) is 3. The highest BCUT2D eigenvalue weighted by molar-refractivity contribution is 5.97. The normalized spacial score (nSPS) is 11.4. The van der Waals surface area contributed by atoms with Gasteiger partial charge in [-0.05, 0) is 50.2 Å². The molecule has 0 heterocycles. The van der Waals surface area contributed by atoms with E-state index >= 15 is 0 Å². The molecular formula is C16H19N3O. The van der Waals surface area contributed by atoms with Crippen LogP contribution < -0.4 is 10.6 Å². The molecule has 2 aromatic carbocycles. The van der Waals surface area contributed by atoms with Crippen LogP contribution >= 0.6 is 0 Å². The Morgan fingerprint density at radius 1 is 1.05 bits per heavy atom. The highest BCUT2D eigenvalue weighted by Gasteiger charge is 2.07. The van der Waals surface area contributed by atoms with Crippen LogP contribution in [-0.2, 0) is 0 Å². The molecule has 0 saturated heterocycles. The fraction of sp³-hybridized carbons (Fsp3) is 0.188. The second-order valence-corrected chi connectivity index (χ2v) is 4.61. The zero-order valence-corrected chi connectivity index (χ0v) is 11.7. The van der Waals surface area contributed by atoms with Gasteiger partial charge in [0, 0.05) is 23.5 Å². The maximum absolute atomic E-state index is 8.67. The van der Waals surface area contributed by atoms with Gasteiger partial charge in [-0.15, -0.1) is 0 Å². The molecule has 20 heavy (non-hydrogen) atoms. The molecule has 0 aromatic heterocycles. The van der Waals surface area contributed by atoms with Crippen molar-refractivity contribution in [2.75, 3.05) is 11.4 Å². The summed E-state index contributed by atoms with van der Waals surface area (Å²) in [5.74, 6) is 0.120. The minimum Gasteiger partial charge on any atom is -0.409 e. The smallest absolute Gasteiger partial charge is 0.170 e. The number of benzene rings is 2. The highest BCUT2D eigenvalue weighted by Crippen LogP contribution is 2.25. The van der Waals surface area contributed by atoms with Crippen LogP contribution in [0.15, 0.2) is 53.7 Å². The number of nitrogens with two attached hydrogens (primary N) is 1. The number of rotatable bonds is 4. The van der Waals surface area contributed by atoms with Crippen LogP contribution in [-0.4, -0.2) is 17.6 Å². The van der Waals surface area contributed by atoms with Crippen LogP contribution in [0, 0.1) is 6.92 Å². The number of amidine groups is 1. The van der Waals surface area contributed by atoms with Crippen molar-refractivity contribution in [3.63, 3.8) is 0 Å². The Hall–Kier alpha value is -2.49. The molecule has 4 heteroatoms. The average Bonchev–Trinajstić information content (AvgIpc) is 2.50. The molecule has 0 aliphatic rings. The van der Waals surface area contributed by atoms with Crippen molar-refractivity contribution >= 4 is 17.2 Å². The van der Waals surface area contributed by atoms with Crippen molar-refractivity contribution in [2.24, 2.45) is 10.9 Å². The first-order chi connectivity index (χ1) is 9.65. The van der Waals surface area contributed by atoms with Gasteiger partial charge in [0.2, 0.25) is 0 Å². The first-order valence-electron chi connectivity index (χ1n) is 6.58. The summed E-state index contributed by atoms with van der Waals surface area (Å²) in [6, 6.07) is 16.0. The van der Waals surface area contributed by atoms with E-state index in [4.69, 9.17) is 10.9 Å². The van der Waals surface area contributed by atoms with Gasteiger partial charge in [-0.3, -0.25) is 0 Å². The van der Waals surface area contributed by atoms with Gasteiger partial charge < -0.3 is 15.8 Å². The summed E-state index contributed by atoms with van der Waals surface area (Å²) in [5, 5.41) is 11.7. The molecule has 0 spiro atoms. The van der Waals surface area contributed by atoms with Crippen molar-refractivity contribution in [1.82, 2.24) is 0 Å². The van der Waals surface area contributed by atoms with E-state index < -0.39 is 0 Å². The van der Waals surface area contributed by atoms with Crippen LogP contribution in [0.3, 0.4) is 0 Å². The van der Waals surface area contributed by atoms with Gasteiger partial charge in [0.05, 0.1) is 0 Å². The first-order valence-corrected chi connectivity index (χ1v) is 6.58. The number of oxime groups is 1. The zero-order chi connectivity index (χ0) is 14.5. The zero-order valence-electron chi connectivity index (χ0n) is 11.7. The van der Waals surface area contributed by atoms with Gasteiger partial charge in [-0.2, -0.15) is 0 Å². The standard InChI is InChI=1S/C16H19N3O/c1-3-19(14-8-4-12(2)5-9-14)15-10-6-13(7-11-15)16(17)18-20/h4-11,20H,3H2,1-2H3,(H2,17,18). The molecule has 3 N–H and O–H groups in total.